The lowest BCUT2D eigenvalue weighted by Crippen LogP contribution is -2.12. The molecule has 0 fully saturated rings. The molecular weight excluding hydrogens is 405 g/mol. The summed E-state index contributed by atoms with van der Waals surface area (Å²) in [5.74, 6) is 0. The molecule has 0 radical (unpaired) electrons. The maximum Gasteiger partial charge on any atom is 0.271 e. The molecule has 0 saturated heterocycles. The number of thiophene rings is 1. The van der Waals surface area contributed by atoms with Gasteiger partial charge in [-0.15, -0.1) is 11.3 Å². The molecule has 1 heterocycles. The van der Waals surface area contributed by atoms with Crippen molar-refractivity contribution in [3.8, 4) is 0 Å². The lowest BCUT2D eigenvalue weighted by Gasteiger charge is -2.10. The van der Waals surface area contributed by atoms with Crippen molar-refractivity contribution in [1.82, 2.24) is 0 Å². The van der Waals surface area contributed by atoms with Gasteiger partial charge in [0.05, 0.1) is 14.5 Å². The summed E-state index contributed by atoms with van der Waals surface area (Å²) in [6.45, 7) is 3.63. The third-order valence-corrected chi connectivity index (χ3v) is 7.29. The van der Waals surface area contributed by atoms with Gasteiger partial charge in [0.15, 0.2) is 0 Å². The highest BCUT2D eigenvalue weighted by Crippen LogP contribution is 2.34. The molecule has 2 aromatic rings. The minimum absolute atomic E-state index is 0.217. The van der Waals surface area contributed by atoms with Crippen LogP contribution in [0.2, 0.25) is 10.0 Å². The highest BCUT2D eigenvalue weighted by Gasteiger charge is 2.20. The summed E-state index contributed by atoms with van der Waals surface area (Å²) in [5, 5.41) is 0.762. The SMILES string of the molecule is Cc1cc(Cl)c(NS(=O)(=O)c2cc(C)c(Br)s2)cc1Cl. The van der Waals surface area contributed by atoms with Crippen LogP contribution in [-0.2, 0) is 10.0 Å². The van der Waals surface area contributed by atoms with Gasteiger partial charge in [0, 0.05) is 5.02 Å². The molecule has 0 aliphatic rings. The number of nitrogens with one attached hydrogen (secondary N) is 1. The minimum Gasteiger partial charge on any atom is -0.277 e. The van der Waals surface area contributed by atoms with Crippen molar-refractivity contribution in [3.63, 3.8) is 0 Å². The molecule has 0 aliphatic carbocycles. The molecular formula is C12H10BrCl2NO2S2. The molecule has 2 rings (SSSR count). The summed E-state index contributed by atoms with van der Waals surface area (Å²) in [7, 11) is -3.67. The molecule has 1 aromatic carbocycles. The fourth-order valence-corrected chi connectivity index (χ4v) is 5.26. The van der Waals surface area contributed by atoms with Crippen LogP contribution in [0.3, 0.4) is 0 Å². The van der Waals surface area contributed by atoms with Gasteiger partial charge in [0.2, 0.25) is 0 Å². The minimum atomic E-state index is -3.67. The van der Waals surface area contributed by atoms with Gasteiger partial charge in [0.1, 0.15) is 4.21 Å². The first-order valence-corrected chi connectivity index (χ1v) is 9.30. The van der Waals surface area contributed by atoms with E-state index in [9.17, 15) is 8.42 Å². The Kier molecular flexibility index (Phi) is 4.71. The van der Waals surface area contributed by atoms with E-state index in [1.165, 1.54) is 6.07 Å². The topological polar surface area (TPSA) is 46.2 Å². The number of hydrogen-bond donors (Lipinski definition) is 1. The monoisotopic (exact) mass is 413 g/mol. The van der Waals surface area contributed by atoms with Crippen LogP contribution < -0.4 is 4.72 Å². The molecule has 0 bridgehead atoms. The van der Waals surface area contributed by atoms with Crippen molar-refractivity contribution < 1.29 is 8.42 Å². The molecule has 1 N–H and O–H groups in total. The Morgan fingerprint density at radius 1 is 1.10 bits per heavy atom. The average molecular weight is 415 g/mol. The maximum absolute atomic E-state index is 12.3. The lowest BCUT2D eigenvalue weighted by molar-refractivity contribution is 0.603. The zero-order valence-electron chi connectivity index (χ0n) is 10.5. The first kappa shape index (κ1) is 16.1. The van der Waals surface area contributed by atoms with Crippen LogP contribution in [0.25, 0.3) is 0 Å². The normalized spacial score (nSPS) is 11.7. The smallest absolute Gasteiger partial charge is 0.271 e. The molecule has 0 saturated carbocycles. The zero-order valence-corrected chi connectivity index (χ0v) is 15.2. The average Bonchev–Trinajstić information content (AvgIpc) is 2.67. The van der Waals surface area contributed by atoms with Crippen molar-refractivity contribution >= 4 is 66.2 Å². The number of sulfonamides is 1. The summed E-state index contributed by atoms with van der Waals surface area (Å²) in [4.78, 5) is 0. The number of benzene rings is 1. The van der Waals surface area contributed by atoms with E-state index in [4.69, 9.17) is 23.2 Å². The number of rotatable bonds is 3. The van der Waals surface area contributed by atoms with Gasteiger partial charge in [-0.3, -0.25) is 4.72 Å². The quantitative estimate of drug-likeness (QED) is 0.746. The van der Waals surface area contributed by atoms with E-state index in [-0.39, 0.29) is 9.90 Å². The molecule has 8 heteroatoms. The molecule has 0 spiro atoms. The largest absolute Gasteiger partial charge is 0.277 e. The second kappa shape index (κ2) is 5.85. The van der Waals surface area contributed by atoms with Crippen LogP contribution in [0.15, 0.2) is 26.2 Å². The molecule has 0 unspecified atom stereocenters. The van der Waals surface area contributed by atoms with E-state index in [0.717, 1.165) is 26.3 Å². The molecule has 0 aliphatic heterocycles. The van der Waals surface area contributed by atoms with Crippen molar-refractivity contribution in [3.05, 3.63) is 43.2 Å². The van der Waals surface area contributed by atoms with Crippen molar-refractivity contribution in [2.45, 2.75) is 18.1 Å². The Bertz CT molecular complexity index is 753. The van der Waals surface area contributed by atoms with Gasteiger partial charge >= 0.3 is 0 Å². The maximum atomic E-state index is 12.3. The van der Waals surface area contributed by atoms with Crippen molar-refractivity contribution in [2.75, 3.05) is 4.72 Å². The standard InChI is InChI=1S/C12H10BrCl2NO2S2/c1-6-3-9(15)10(5-8(6)14)16-20(17,18)11-4-7(2)12(13)19-11/h3-5,16H,1-2H3. The second-order valence-electron chi connectivity index (χ2n) is 4.21. The molecule has 3 nitrogen and oxygen atoms in total. The Hall–Kier alpha value is -0.270. The first-order valence-electron chi connectivity index (χ1n) is 5.45. The molecule has 0 amide bonds. The summed E-state index contributed by atoms with van der Waals surface area (Å²) in [5.41, 5.74) is 1.92. The Balaban J connectivity index is 2.40. The van der Waals surface area contributed by atoms with E-state index < -0.39 is 10.0 Å². The van der Waals surface area contributed by atoms with Crippen molar-refractivity contribution in [1.29, 1.82) is 0 Å². The number of anilines is 1. The summed E-state index contributed by atoms with van der Waals surface area (Å²) >= 11 is 16.5. The fourth-order valence-electron chi connectivity index (χ4n) is 1.48. The first-order chi connectivity index (χ1) is 9.20. The van der Waals surface area contributed by atoms with Gasteiger partial charge in [-0.1, -0.05) is 23.2 Å². The summed E-state index contributed by atoms with van der Waals surface area (Å²) < 4.78 is 28.0. The van der Waals surface area contributed by atoms with Crippen LogP contribution >= 0.6 is 50.5 Å². The third kappa shape index (κ3) is 3.31. The number of halogens is 3. The number of aryl methyl sites for hydroxylation is 2. The number of hydrogen-bond acceptors (Lipinski definition) is 3. The molecule has 1 aromatic heterocycles. The van der Waals surface area contributed by atoms with Gasteiger partial charge in [-0.2, -0.15) is 0 Å². The van der Waals surface area contributed by atoms with E-state index in [1.54, 1.807) is 19.1 Å². The zero-order chi connectivity index (χ0) is 15.1. The fraction of sp³-hybridized carbons (Fsp3) is 0.167. The van der Waals surface area contributed by atoms with Gasteiger partial charge in [-0.25, -0.2) is 8.42 Å². The predicted octanol–water partition coefficient (Wildman–Crippen LogP) is 5.24. The van der Waals surface area contributed by atoms with Crippen molar-refractivity contribution in [2.24, 2.45) is 0 Å². The van der Waals surface area contributed by atoms with Crippen LogP contribution in [0.1, 0.15) is 11.1 Å². The Morgan fingerprint density at radius 3 is 2.30 bits per heavy atom. The van der Waals surface area contributed by atoms with Crippen LogP contribution in [0.5, 0.6) is 0 Å². The van der Waals surface area contributed by atoms with E-state index in [2.05, 4.69) is 20.7 Å². The molecule has 0 atom stereocenters. The van der Waals surface area contributed by atoms with E-state index >= 15 is 0 Å². The van der Waals surface area contributed by atoms with Crippen LogP contribution in [0, 0.1) is 13.8 Å². The van der Waals surface area contributed by atoms with Gasteiger partial charge in [0.25, 0.3) is 10.0 Å². The Morgan fingerprint density at radius 2 is 1.75 bits per heavy atom. The molecule has 20 heavy (non-hydrogen) atoms. The highest BCUT2D eigenvalue weighted by molar-refractivity contribution is 9.11. The summed E-state index contributed by atoms with van der Waals surface area (Å²) in [6.07, 6.45) is 0. The van der Waals surface area contributed by atoms with Gasteiger partial charge < -0.3 is 0 Å². The highest BCUT2D eigenvalue weighted by atomic mass is 79.9. The van der Waals surface area contributed by atoms with Crippen LogP contribution in [0.4, 0.5) is 5.69 Å². The van der Waals surface area contributed by atoms with Gasteiger partial charge in [-0.05, 0) is 59.1 Å². The third-order valence-electron chi connectivity index (χ3n) is 2.59. The predicted molar refractivity (Wildman–Crippen MR) is 88.8 cm³/mol. The van der Waals surface area contributed by atoms with Crippen LogP contribution in [-0.4, -0.2) is 8.42 Å². The molecule has 108 valence electrons. The second-order valence-corrected chi connectivity index (χ2v) is 9.30. The van der Waals surface area contributed by atoms with E-state index in [0.29, 0.717) is 10.0 Å². The Labute approximate surface area is 140 Å². The lowest BCUT2D eigenvalue weighted by atomic mass is 10.2. The summed E-state index contributed by atoms with van der Waals surface area (Å²) in [6, 6.07) is 4.73. The van der Waals surface area contributed by atoms with E-state index in [1.807, 2.05) is 6.92 Å².